The Morgan fingerprint density at radius 2 is 2.32 bits per heavy atom. The predicted molar refractivity (Wildman–Crippen MR) is 75.4 cm³/mol. The van der Waals surface area contributed by atoms with Crippen LogP contribution in [-0.4, -0.2) is 41.6 Å². The number of nitrogens with one attached hydrogen (secondary N) is 1. The van der Waals surface area contributed by atoms with E-state index in [4.69, 9.17) is 0 Å². The van der Waals surface area contributed by atoms with Crippen LogP contribution >= 0.6 is 0 Å². The summed E-state index contributed by atoms with van der Waals surface area (Å²) in [6.07, 6.45) is 2.15. The number of likely N-dealkylation sites (N-methyl/N-ethyl adjacent to an activating group) is 1. The minimum atomic E-state index is 0.0241. The molecular formula is C15H22N2O2. The van der Waals surface area contributed by atoms with Gasteiger partial charge in [0.05, 0.1) is 0 Å². The zero-order valence-corrected chi connectivity index (χ0v) is 11.6. The van der Waals surface area contributed by atoms with E-state index in [1.807, 2.05) is 4.90 Å². The number of carbonyl (C=O) groups excluding carboxylic acids is 1. The number of phenols is 1. The van der Waals surface area contributed by atoms with Gasteiger partial charge in [-0.05, 0) is 38.4 Å². The van der Waals surface area contributed by atoms with Gasteiger partial charge >= 0.3 is 0 Å². The van der Waals surface area contributed by atoms with E-state index < -0.39 is 0 Å². The number of piperidine rings is 1. The van der Waals surface area contributed by atoms with Crippen LogP contribution in [0.25, 0.3) is 0 Å². The van der Waals surface area contributed by atoms with Gasteiger partial charge in [-0.2, -0.15) is 0 Å². The first-order chi connectivity index (χ1) is 9.13. The van der Waals surface area contributed by atoms with Gasteiger partial charge in [0.25, 0.3) is 5.91 Å². The average Bonchev–Trinajstić information content (AvgIpc) is 2.42. The number of amides is 1. The fraction of sp³-hybridized carbons (Fsp3) is 0.533. The van der Waals surface area contributed by atoms with Crippen molar-refractivity contribution in [3.8, 4) is 5.75 Å². The third kappa shape index (κ3) is 3.07. The number of nitrogens with zero attached hydrogens (tertiary/aromatic N) is 1. The lowest BCUT2D eigenvalue weighted by Gasteiger charge is -2.33. The Morgan fingerprint density at radius 3 is 3.05 bits per heavy atom. The molecule has 2 N–H and O–H groups in total. The SMILES string of the molecule is CCNC1CCCN(C(=O)c2cccc(O)c2C)C1. The van der Waals surface area contributed by atoms with E-state index >= 15 is 0 Å². The minimum Gasteiger partial charge on any atom is -0.508 e. The third-order valence-electron chi connectivity index (χ3n) is 3.74. The molecule has 0 aromatic heterocycles. The lowest BCUT2D eigenvalue weighted by atomic mass is 10.0. The van der Waals surface area contributed by atoms with Crippen LogP contribution in [-0.2, 0) is 0 Å². The number of carbonyl (C=O) groups is 1. The summed E-state index contributed by atoms with van der Waals surface area (Å²) in [5.41, 5.74) is 1.27. The quantitative estimate of drug-likeness (QED) is 0.875. The van der Waals surface area contributed by atoms with E-state index in [9.17, 15) is 9.90 Å². The van der Waals surface area contributed by atoms with Crippen molar-refractivity contribution in [2.75, 3.05) is 19.6 Å². The van der Waals surface area contributed by atoms with Crippen molar-refractivity contribution < 1.29 is 9.90 Å². The van der Waals surface area contributed by atoms with E-state index in [0.717, 1.165) is 32.5 Å². The minimum absolute atomic E-state index is 0.0241. The molecule has 1 fully saturated rings. The first-order valence-corrected chi connectivity index (χ1v) is 6.94. The molecule has 1 aromatic carbocycles. The summed E-state index contributed by atoms with van der Waals surface area (Å²) in [4.78, 5) is 14.4. The molecule has 1 saturated heterocycles. The van der Waals surface area contributed by atoms with Gasteiger partial charge in [-0.3, -0.25) is 4.79 Å². The highest BCUT2D eigenvalue weighted by atomic mass is 16.3. The highest BCUT2D eigenvalue weighted by Gasteiger charge is 2.25. The van der Waals surface area contributed by atoms with Crippen molar-refractivity contribution in [3.63, 3.8) is 0 Å². The van der Waals surface area contributed by atoms with Crippen LogP contribution in [0.3, 0.4) is 0 Å². The molecule has 104 valence electrons. The zero-order chi connectivity index (χ0) is 13.8. The van der Waals surface area contributed by atoms with Gasteiger partial charge in [-0.25, -0.2) is 0 Å². The molecule has 0 spiro atoms. The summed E-state index contributed by atoms with van der Waals surface area (Å²) in [6, 6.07) is 5.51. The van der Waals surface area contributed by atoms with Crippen LogP contribution in [0.2, 0.25) is 0 Å². The second kappa shape index (κ2) is 6.06. The molecule has 0 bridgehead atoms. The number of hydrogen-bond acceptors (Lipinski definition) is 3. The predicted octanol–water partition coefficient (Wildman–Crippen LogP) is 1.91. The monoisotopic (exact) mass is 262 g/mol. The summed E-state index contributed by atoms with van der Waals surface area (Å²) in [6.45, 7) is 6.35. The highest BCUT2D eigenvalue weighted by Crippen LogP contribution is 2.22. The Balaban J connectivity index is 2.12. The van der Waals surface area contributed by atoms with Gasteiger partial charge in [0, 0.05) is 30.3 Å². The molecule has 0 saturated carbocycles. The summed E-state index contributed by atoms with van der Waals surface area (Å²) in [5, 5.41) is 13.1. The topological polar surface area (TPSA) is 52.6 Å². The van der Waals surface area contributed by atoms with Gasteiger partial charge in [0.2, 0.25) is 0 Å². The number of likely N-dealkylation sites (tertiary alicyclic amines) is 1. The lowest BCUT2D eigenvalue weighted by molar-refractivity contribution is 0.0694. The van der Waals surface area contributed by atoms with E-state index in [1.165, 1.54) is 0 Å². The molecule has 19 heavy (non-hydrogen) atoms. The maximum Gasteiger partial charge on any atom is 0.254 e. The van der Waals surface area contributed by atoms with E-state index in [-0.39, 0.29) is 11.7 Å². The first kappa shape index (κ1) is 13.9. The van der Waals surface area contributed by atoms with Crippen molar-refractivity contribution in [1.82, 2.24) is 10.2 Å². The van der Waals surface area contributed by atoms with Crippen molar-refractivity contribution in [1.29, 1.82) is 0 Å². The van der Waals surface area contributed by atoms with Crippen LogP contribution < -0.4 is 5.32 Å². The summed E-state index contributed by atoms with van der Waals surface area (Å²) >= 11 is 0. The molecule has 4 heteroatoms. The molecule has 1 atom stereocenters. The van der Waals surface area contributed by atoms with E-state index in [0.29, 0.717) is 17.2 Å². The Labute approximate surface area is 114 Å². The number of hydrogen-bond donors (Lipinski definition) is 2. The summed E-state index contributed by atoms with van der Waals surface area (Å²) < 4.78 is 0. The molecule has 2 rings (SSSR count). The molecule has 1 aliphatic heterocycles. The lowest BCUT2D eigenvalue weighted by Crippen LogP contribution is -2.48. The van der Waals surface area contributed by atoms with Gasteiger partial charge in [0.1, 0.15) is 5.75 Å². The summed E-state index contributed by atoms with van der Waals surface area (Å²) in [7, 11) is 0. The number of benzene rings is 1. The van der Waals surface area contributed by atoms with Crippen LogP contribution in [0, 0.1) is 6.92 Å². The molecular weight excluding hydrogens is 240 g/mol. The maximum atomic E-state index is 12.5. The summed E-state index contributed by atoms with van der Waals surface area (Å²) in [5.74, 6) is 0.210. The normalized spacial score (nSPS) is 19.5. The van der Waals surface area contributed by atoms with Crippen molar-refractivity contribution in [2.24, 2.45) is 0 Å². The van der Waals surface area contributed by atoms with Crippen LogP contribution in [0.15, 0.2) is 18.2 Å². The fourth-order valence-electron chi connectivity index (χ4n) is 2.64. The molecule has 4 nitrogen and oxygen atoms in total. The molecule has 1 amide bonds. The number of aromatic hydroxyl groups is 1. The van der Waals surface area contributed by atoms with E-state index in [1.54, 1.807) is 25.1 Å². The maximum absolute atomic E-state index is 12.5. The van der Waals surface area contributed by atoms with Crippen LogP contribution in [0.5, 0.6) is 5.75 Å². The standard InChI is InChI=1S/C15H22N2O2/c1-3-16-12-6-5-9-17(10-12)15(19)13-7-4-8-14(18)11(13)2/h4,7-8,12,16,18H,3,5-6,9-10H2,1-2H3. The Hall–Kier alpha value is -1.55. The molecule has 1 aromatic rings. The van der Waals surface area contributed by atoms with Gasteiger partial charge in [-0.1, -0.05) is 13.0 Å². The van der Waals surface area contributed by atoms with Gasteiger partial charge in [0.15, 0.2) is 0 Å². The highest BCUT2D eigenvalue weighted by molar-refractivity contribution is 5.96. The van der Waals surface area contributed by atoms with Crippen molar-refractivity contribution in [2.45, 2.75) is 32.7 Å². The van der Waals surface area contributed by atoms with Gasteiger partial charge in [-0.15, -0.1) is 0 Å². The largest absolute Gasteiger partial charge is 0.508 e. The molecule has 1 heterocycles. The van der Waals surface area contributed by atoms with Crippen LogP contribution in [0.4, 0.5) is 0 Å². The van der Waals surface area contributed by atoms with Crippen LogP contribution in [0.1, 0.15) is 35.7 Å². The molecule has 1 aliphatic rings. The molecule has 1 unspecified atom stereocenters. The Kier molecular flexibility index (Phi) is 4.43. The Morgan fingerprint density at radius 1 is 1.53 bits per heavy atom. The van der Waals surface area contributed by atoms with Gasteiger partial charge < -0.3 is 15.3 Å². The second-order valence-electron chi connectivity index (χ2n) is 5.10. The first-order valence-electron chi connectivity index (χ1n) is 6.94. The van der Waals surface area contributed by atoms with Crippen molar-refractivity contribution >= 4 is 5.91 Å². The zero-order valence-electron chi connectivity index (χ0n) is 11.6. The smallest absolute Gasteiger partial charge is 0.254 e. The number of phenolic OH excluding ortho intramolecular Hbond substituents is 1. The molecule has 0 aliphatic carbocycles. The third-order valence-corrected chi connectivity index (χ3v) is 3.74. The second-order valence-corrected chi connectivity index (χ2v) is 5.10. The Bertz CT molecular complexity index is 457. The van der Waals surface area contributed by atoms with Crippen molar-refractivity contribution in [3.05, 3.63) is 29.3 Å². The van der Waals surface area contributed by atoms with E-state index in [2.05, 4.69) is 12.2 Å². The molecule has 0 radical (unpaired) electrons. The number of rotatable bonds is 3. The fourth-order valence-corrected chi connectivity index (χ4v) is 2.64. The average molecular weight is 262 g/mol.